The molecule has 344 valence electrons. The third-order valence-electron chi connectivity index (χ3n) is 12.7. The molecule has 9 rings (SSSR count). The number of anilines is 1. The molecule has 0 unspecified atom stereocenters. The Bertz CT molecular complexity index is 3000. The first-order valence-corrected chi connectivity index (χ1v) is 23.7. The number of nitro groups is 1. The topological polar surface area (TPSA) is 198 Å². The first-order chi connectivity index (χ1) is 31.6. The van der Waals surface area contributed by atoms with E-state index in [1.165, 1.54) is 29.7 Å². The van der Waals surface area contributed by atoms with E-state index >= 15 is 0 Å². The van der Waals surface area contributed by atoms with Gasteiger partial charge in [-0.15, -0.1) is 0 Å². The number of carbonyl (C=O) groups excluding carboxylic acids is 2. The van der Waals surface area contributed by atoms with Crippen molar-refractivity contribution in [3.8, 4) is 11.4 Å². The maximum absolute atomic E-state index is 14.2. The summed E-state index contributed by atoms with van der Waals surface area (Å²) in [6.45, 7) is 10.8. The molecule has 2 aliphatic heterocycles. The van der Waals surface area contributed by atoms with Crippen molar-refractivity contribution < 1.29 is 32.4 Å². The second-order valence-corrected chi connectivity index (χ2v) is 20.0. The van der Waals surface area contributed by atoms with Gasteiger partial charge in [0, 0.05) is 74.6 Å². The molecule has 2 N–H and O–H groups in total. The predicted octanol–water partition coefficient (Wildman–Crippen LogP) is 6.99. The number of H-pyrrole nitrogens is 1. The molecular formula is C47H50ClN9O8S. The van der Waals surface area contributed by atoms with Crippen molar-refractivity contribution >= 4 is 72.5 Å². The van der Waals surface area contributed by atoms with Gasteiger partial charge in [0.2, 0.25) is 5.91 Å². The van der Waals surface area contributed by atoms with Gasteiger partial charge in [0.05, 0.1) is 45.9 Å². The summed E-state index contributed by atoms with van der Waals surface area (Å²) in [6, 6.07) is 20.3. The fourth-order valence-corrected chi connectivity index (χ4v) is 10.2. The van der Waals surface area contributed by atoms with Gasteiger partial charge in [-0.1, -0.05) is 43.2 Å². The number of aromatic amines is 1. The third-order valence-corrected chi connectivity index (χ3v) is 14.3. The highest BCUT2D eigenvalue weighted by Crippen LogP contribution is 2.43. The number of sulfonamides is 1. The number of halogens is 1. The number of rotatable bonds is 12. The molecule has 3 aromatic heterocycles. The Hall–Kier alpha value is -6.34. The van der Waals surface area contributed by atoms with Crippen molar-refractivity contribution in [1.82, 2.24) is 34.3 Å². The number of piperazine rings is 1. The summed E-state index contributed by atoms with van der Waals surface area (Å²) in [4.78, 5) is 51.1. The maximum atomic E-state index is 14.2. The number of allylic oxidation sites excluding steroid dienone is 1. The van der Waals surface area contributed by atoms with Gasteiger partial charge in [0.1, 0.15) is 23.9 Å². The van der Waals surface area contributed by atoms with Crippen LogP contribution in [0.15, 0.2) is 95.7 Å². The summed E-state index contributed by atoms with van der Waals surface area (Å²) < 4.78 is 42.8. The number of hydrogen-bond donors (Lipinski definition) is 2. The van der Waals surface area contributed by atoms with Crippen LogP contribution in [0.4, 0.5) is 11.4 Å². The SMILES string of the molecule is CC(=O)N1CCO[C@@H](COc2ccc(S(=O)(=O)NC(=O)c3ccc(N4CCN(CC5=C(c6ccc(Cl)cc6)CC(C)(C)CC5)CC4)cc3-n3ncc4nc5[nH]ccc5cc43)cc2[N+](=O)[O-])C1. The standard InChI is InChI=1S/C47H50ClN9O8S/c1-30(58)55-20-21-64-36(28-55)29-65-44-11-9-37(24-43(44)57(60)61)66(62,63)52-46(59)38-10-8-35(23-41(38)56-42-22-32-13-15-49-45(32)51-40(42)26-50-56)54-18-16-53(17-19-54)27-33-12-14-47(2,3)25-39(33)31-4-6-34(48)7-5-31/h4-11,13,15,22-24,26,36H,12,14,16-21,25,27-29H2,1-3H3,(H,49,51)(H,52,59)/t36-/m1/s1. The lowest BCUT2D eigenvalue weighted by Gasteiger charge is -2.39. The van der Waals surface area contributed by atoms with E-state index in [1.807, 2.05) is 30.3 Å². The molecule has 2 saturated heterocycles. The van der Waals surface area contributed by atoms with Crippen LogP contribution in [-0.4, -0.2) is 120 Å². The second-order valence-electron chi connectivity index (χ2n) is 17.8. The summed E-state index contributed by atoms with van der Waals surface area (Å²) in [7, 11) is -4.66. The smallest absolute Gasteiger partial charge is 0.312 e. The van der Waals surface area contributed by atoms with Crippen LogP contribution in [0.3, 0.4) is 0 Å². The third kappa shape index (κ3) is 9.49. The zero-order chi connectivity index (χ0) is 46.3. The quantitative estimate of drug-likeness (QED) is 0.0944. The number of ether oxygens (including phenoxy) is 2. The first kappa shape index (κ1) is 44.8. The highest BCUT2D eigenvalue weighted by atomic mass is 35.5. The number of pyridine rings is 1. The molecule has 3 aromatic carbocycles. The molecule has 6 aromatic rings. The van der Waals surface area contributed by atoms with Gasteiger partial charge >= 0.3 is 5.69 Å². The lowest BCUT2D eigenvalue weighted by atomic mass is 9.72. The molecule has 5 heterocycles. The fourth-order valence-electron chi connectivity index (χ4n) is 9.05. The van der Waals surface area contributed by atoms with Gasteiger partial charge in [-0.2, -0.15) is 5.10 Å². The lowest BCUT2D eigenvalue weighted by molar-refractivity contribution is -0.386. The van der Waals surface area contributed by atoms with E-state index in [9.17, 15) is 28.1 Å². The van der Waals surface area contributed by atoms with Crippen LogP contribution in [0.25, 0.3) is 33.3 Å². The van der Waals surface area contributed by atoms with E-state index in [4.69, 9.17) is 26.1 Å². The van der Waals surface area contributed by atoms with Crippen molar-refractivity contribution in [2.75, 3.05) is 63.9 Å². The van der Waals surface area contributed by atoms with Crippen molar-refractivity contribution in [1.29, 1.82) is 0 Å². The molecule has 3 aliphatic rings. The van der Waals surface area contributed by atoms with E-state index in [-0.39, 0.29) is 42.4 Å². The minimum atomic E-state index is -4.66. The van der Waals surface area contributed by atoms with E-state index < -0.39 is 37.5 Å². The Balaban J connectivity index is 0.964. The number of hydrogen-bond acceptors (Lipinski definition) is 12. The fraction of sp³-hybridized carbons (Fsp3) is 0.362. The predicted molar refractivity (Wildman–Crippen MR) is 251 cm³/mol. The molecule has 1 atom stereocenters. The van der Waals surface area contributed by atoms with E-state index in [0.717, 1.165) is 67.1 Å². The number of nitro benzene ring substituents is 1. The van der Waals surface area contributed by atoms with Gasteiger partial charge in [0.25, 0.3) is 15.9 Å². The van der Waals surface area contributed by atoms with E-state index in [0.29, 0.717) is 42.0 Å². The minimum absolute atomic E-state index is 0.00329. The van der Waals surface area contributed by atoms with Crippen LogP contribution in [0.2, 0.25) is 5.02 Å². The monoisotopic (exact) mass is 935 g/mol. The van der Waals surface area contributed by atoms with Gasteiger partial charge in [0.15, 0.2) is 5.75 Å². The highest BCUT2D eigenvalue weighted by Gasteiger charge is 2.31. The van der Waals surface area contributed by atoms with Crippen LogP contribution < -0.4 is 14.4 Å². The molecule has 66 heavy (non-hydrogen) atoms. The van der Waals surface area contributed by atoms with Crippen LogP contribution in [0.5, 0.6) is 5.75 Å². The van der Waals surface area contributed by atoms with E-state index in [2.05, 4.69) is 50.6 Å². The Kier molecular flexibility index (Phi) is 12.3. The molecule has 0 radical (unpaired) electrons. The summed E-state index contributed by atoms with van der Waals surface area (Å²) in [6.07, 6.45) is 5.98. The Morgan fingerprint density at radius 1 is 1.03 bits per heavy atom. The van der Waals surface area contributed by atoms with Crippen molar-refractivity contribution in [3.63, 3.8) is 0 Å². The zero-order valence-electron chi connectivity index (χ0n) is 36.8. The number of nitrogens with one attached hydrogen (secondary N) is 2. The maximum Gasteiger partial charge on any atom is 0.312 e. The van der Waals surface area contributed by atoms with Crippen LogP contribution in [0.1, 0.15) is 56.0 Å². The average molecular weight is 936 g/mol. The number of carbonyl (C=O) groups is 2. The normalized spacial score (nSPS) is 18.2. The van der Waals surface area contributed by atoms with E-state index in [1.54, 1.807) is 34.1 Å². The largest absolute Gasteiger partial charge is 0.484 e. The summed E-state index contributed by atoms with van der Waals surface area (Å²) in [5.74, 6) is -1.29. The Labute approximate surface area is 386 Å². The van der Waals surface area contributed by atoms with Crippen molar-refractivity contribution in [2.24, 2.45) is 5.41 Å². The van der Waals surface area contributed by atoms with Gasteiger partial charge in [-0.25, -0.2) is 22.8 Å². The molecule has 2 fully saturated rings. The molecule has 0 saturated carbocycles. The highest BCUT2D eigenvalue weighted by molar-refractivity contribution is 7.90. The molecule has 17 nitrogen and oxygen atoms in total. The van der Waals surface area contributed by atoms with Crippen LogP contribution in [-0.2, 0) is 19.6 Å². The Morgan fingerprint density at radius 3 is 2.58 bits per heavy atom. The second kappa shape index (κ2) is 18.1. The van der Waals surface area contributed by atoms with Gasteiger partial charge < -0.3 is 24.3 Å². The van der Waals surface area contributed by atoms with Gasteiger partial charge in [-0.05, 0) is 90.4 Å². The average Bonchev–Trinajstić information content (AvgIpc) is 3.94. The summed E-state index contributed by atoms with van der Waals surface area (Å²) >= 11 is 6.26. The van der Waals surface area contributed by atoms with Gasteiger partial charge in [-0.3, -0.25) is 24.6 Å². The molecule has 1 aliphatic carbocycles. The number of benzene rings is 3. The summed E-state index contributed by atoms with van der Waals surface area (Å²) in [5, 5.41) is 18.4. The number of amides is 2. The van der Waals surface area contributed by atoms with Crippen LogP contribution >= 0.6 is 11.6 Å². The lowest BCUT2D eigenvalue weighted by Crippen LogP contribution is -2.47. The van der Waals surface area contributed by atoms with Crippen LogP contribution in [0, 0.1) is 15.5 Å². The number of morpholine rings is 1. The molecular weight excluding hydrogens is 886 g/mol. The number of aromatic nitrogens is 4. The molecule has 0 bridgehead atoms. The molecule has 0 spiro atoms. The molecule has 19 heteroatoms. The Morgan fingerprint density at radius 2 is 1.82 bits per heavy atom. The minimum Gasteiger partial charge on any atom is -0.484 e. The first-order valence-electron chi connectivity index (χ1n) is 21.9. The zero-order valence-corrected chi connectivity index (χ0v) is 38.4. The van der Waals surface area contributed by atoms with Crippen molar-refractivity contribution in [3.05, 3.63) is 117 Å². The number of fused-ring (bicyclic) bond motifs is 2. The van der Waals surface area contributed by atoms with Crippen molar-refractivity contribution in [2.45, 2.75) is 51.0 Å². The number of nitrogens with zero attached hydrogens (tertiary/aromatic N) is 7. The molecule has 2 amide bonds. The summed E-state index contributed by atoms with van der Waals surface area (Å²) in [5.41, 5.74) is 6.63.